The zero-order chi connectivity index (χ0) is 14.7. The summed E-state index contributed by atoms with van der Waals surface area (Å²) in [5.74, 6) is -0.667. The first-order valence-corrected chi connectivity index (χ1v) is 5.87. The zero-order valence-corrected chi connectivity index (χ0v) is 10.6. The summed E-state index contributed by atoms with van der Waals surface area (Å²) in [6, 6.07) is 6.46. The summed E-state index contributed by atoms with van der Waals surface area (Å²) in [4.78, 5) is 31.9. The second kappa shape index (κ2) is 5.39. The van der Waals surface area contributed by atoms with Gasteiger partial charge in [0.05, 0.1) is 11.4 Å². The summed E-state index contributed by atoms with van der Waals surface area (Å²) >= 11 is 0. The van der Waals surface area contributed by atoms with Gasteiger partial charge in [0.2, 0.25) is 17.8 Å². The number of guanidine groups is 2. The maximum atomic E-state index is 11.6. The molecule has 104 valence electrons. The molecule has 0 bridgehead atoms. The van der Waals surface area contributed by atoms with E-state index >= 15 is 0 Å². The maximum absolute atomic E-state index is 11.6. The van der Waals surface area contributed by atoms with Crippen molar-refractivity contribution in [2.45, 2.75) is 12.8 Å². The van der Waals surface area contributed by atoms with E-state index in [0.717, 1.165) is 4.90 Å². The Labute approximate surface area is 115 Å². The highest BCUT2D eigenvalue weighted by Gasteiger charge is 2.29. The van der Waals surface area contributed by atoms with Crippen LogP contribution in [0.4, 0.5) is 11.4 Å². The van der Waals surface area contributed by atoms with Crippen LogP contribution in [0.1, 0.15) is 12.8 Å². The Morgan fingerprint density at radius 3 is 2.05 bits per heavy atom. The van der Waals surface area contributed by atoms with Crippen LogP contribution in [0.15, 0.2) is 34.3 Å². The van der Waals surface area contributed by atoms with Crippen LogP contribution < -0.4 is 22.1 Å². The zero-order valence-electron chi connectivity index (χ0n) is 10.6. The van der Waals surface area contributed by atoms with Crippen LogP contribution in [0.2, 0.25) is 0 Å². The van der Waals surface area contributed by atoms with Crippen LogP contribution in [0.5, 0.6) is 0 Å². The number of hydrogen-bond donors (Lipinski definition) is 3. The third-order valence-electron chi connectivity index (χ3n) is 2.65. The molecule has 0 spiro atoms. The van der Waals surface area contributed by atoms with Gasteiger partial charge in [0.1, 0.15) is 0 Å². The standard InChI is InChI=1S/C12H14N6O2/c13-11(14)17-12(15)16-7-1-3-8(4-2-7)18-9(19)5-6-10(18)20/h1-4H,5-6H2,(H6,13,14,15,16,17). The first-order chi connectivity index (χ1) is 9.47. The average molecular weight is 274 g/mol. The monoisotopic (exact) mass is 274 g/mol. The minimum atomic E-state index is -0.203. The van der Waals surface area contributed by atoms with E-state index in [9.17, 15) is 9.59 Å². The lowest BCUT2D eigenvalue weighted by Crippen LogP contribution is -2.28. The molecule has 6 N–H and O–H groups in total. The molecule has 1 aliphatic heterocycles. The fraction of sp³-hybridized carbons (Fsp3) is 0.167. The van der Waals surface area contributed by atoms with E-state index < -0.39 is 0 Å². The van der Waals surface area contributed by atoms with Crippen LogP contribution in [0.3, 0.4) is 0 Å². The number of carbonyl (C=O) groups is 2. The molecule has 0 aromatic heterocycles. The van der Waals surface area contributed by atoms with Gasteiger partial charge in [0.25, 0.3) is 0 Å². The molecule has 0 atom stereocenters. The van der Waals surface area contributed by atoms with Gasteiger partial charge in [-0.2, -0.15) is 4.99 Å². The molecule has 0 saturated carbocycles. The van der Waals surface area contributed by atoms with E-state index in [0.29, 0.717) is 11.4 Å². The second-order valence-electron chi connectivity index (χ2n) is 4.15. The van der Waals surface area contributed by atoms with Gasteiger partial charge in [-0.25, -0.2) is 4.99 Å². The maximum Gasteiger partial charge on any atom is 0.234 e. The number of carbonyl (C=O) groups excluding carboxylic acids is 2. The van der Waals surface area contributed by atoms with Crippen molar-refractivity contribution < 1.29 is 9.59 Å². The largest absolute Gasteiger partial charge is 0.370 e. The summed E-state index contributed by atoms with van der Waals surface area (Å²) in [5.41, 5.74) is 16.9. The van der Waals surface area contributed by atoms with Crippen molar-refractivity contribution in [3.05, 3.63) is 24.3 Å². The van der Waals surface area contributed by atoms with Gasteiger partial charge >= 0.3 is 0 Å². The molecule has 8 heteroatoms. The molecular weight excluding hydrogens is 260 g/mol. The Morgan fingerprint density at radius 1 is 1.00 bits per heavy atom. The van der Waals surface area contributed by atoms with Crippen LogP contribution in [-0.2, 0) is 9.59 Å². The van der Waals surface area contributed by atoms with Crippen molar-refractivity contribution in [2.75, 3.05) is 4.90 Å². The molecule has 1 saturated heterocycles. The number of rotatable bonds is 2. The van der Waals surface area contributed by atoms with Gasteiger partial charge in [-0.1, -0.05) is 0 Å². The lowest BCUT2D eigenvalue weighted by Gasteiger charge is -2.13. The van der Waals surface area contributed by atoms with Gasteiger partial charge in [-0.15, -0.1) is 0 Å². The minimum Gasteiger partial charge on any atom is -0.370 e. The first kappa shape index (κ1) is 13.5. The van der Waals surface area contributed by atoms with Crippen molar-refractivity contribution >= 4 is 35.1 Å². The van der Waals surface area contributed by atoms with E-state index in [1.54, 1.807) is 24.3 Å². The van der Waals surface area contributed by atoms with Crippen molar-refractivity contribution in [1.29, 1.82) is 0 Å². The third-order valence-corrected chi connectivity index (χ3v) is 2.65. The van der Waals surface area contributed by atoms with E-state index in [1.807, 2.05) is 0 Å². The molecule has 8 nitrogen and oxygen atoms in total. The molecular formula is C12H14N6O2. The highest BCUT2D eigenvalue weighted by atomic mass is 16.2. The Kier molecular flexibility index (Phi) is 3.65. The predicted molar refractivity (Wildman–Crippen MR) is 75.3 cm³/mol. The van der Waals surface area contributed by atoms with Crippen LogP contribution >= 0.6 is 0 Å². The van der Waals surface area contributed by atoms with Gasteiger partial charge in [-0.05, 0) is 24.3 Å². The molecule has 0 unspecified atom stereocenters. The highest BCUT2D eigenvalue weighted by molar-refractivity contribution is 6.19. The van der Waals surface area contributed by atoms with Crippen LogP contribution in [-0.4, -0.2) is 23.7 Å². The number of aliphatic imine (C=N–C) groups is 2. The smallest absolute Gasteiger partial charge is 0.234 e. The number of anilines is 1. The Bertz CT molecular complexity index is 585. The Balaban J connectivity index is 2.21. The number of nitrogens with two attached hydrogens (primary N) is 3. The van der Waals surface area contributed by atoms with Crippen molar-refractivity contribution in [1.82, 2.24) is 0 Å². The van der Waals surface area contributed by atoms with Crippen LogP contribution in [0, 0.1) is 0 Å². The summed E-state index contributed by atoms with van der Waals surface area (Å²) in [7, 11) is 0. The van der Waals surface area contributed by atoms with Crippen molar-refractivity contribution in [3.8, 4) is 0 Å². The molecule has 20 heavy (non-hydrogen) atoms. The summed E-state index contributed by atoms with van der Waals surface area (Å²) < 4.78 is 0. The molecule has 2 rings (SSSR count). The quantitative estimate of drug-likeness (QED) is 0.381. The van der Waals surface area contributed by atoms with Crippen LogP contribution in [0.25, 0.3) is 0 Å². The lowest BCUT2D eigenvalue weighted by atomic mass is 10.2. The molecule has 1 aromatic carbocycles. The topological polar surface area (TPSA) is 140 Å². The molecule has 1 fully saturated rings. The molecule has 0 aliphatic carbocycles. The Morgan fingerprint density at radius 2 is 1.55 bits per heavy atom. The molecule has 0 radical (unpaired) electrons. The van der Waals surface area contributed by atoms with Crippen molar-refractivity contribution in [3.63, 3.8) is 0 Å². The van der Waals surface area contributed by atoms with E-state index in [1.165, 1.54) is 0 Å². The normalized spacial score (nSPS) is 15.6. The lowest BCUT2D eigenvalue weighted by molar-refractivity contribution is -0.121. The summed E-state index contributed by atoms with van der Waals surface area (Å²) in [5, 5.41) is 0. The van der Waals surface area contributed by atoms with Gasteiger partial charge in [0.15, 0.2) is 5.96 Å². The highest BCUT2D eigenvalue weighted by Crippen LogP contribution is 2.24. The summed E-state index contributed by atoms with van der Waals surface area (Å²) in [6.07, 6.45) is 0.492. The summed E-state index contributed by atoms with van der Waals surface area (Å²) in [6.45, 7) is 0. The fourth-order valence-electron chi connectivity index (χ4n) is 1.83. The molecule has 1 aliphatic rings. The SMILES string of the molecule is NC(N)=NC(N)=Nc1ccc(N2C(=O)CCC2=O)cc1. The van der Waals surface area contributed by atoms with Gasteiger partial charge in [0, 0.05) is 12.8 Å². The third kappa shape index (κ3) is 2.91. The number of hydrogen-bond acceptors (Lipinski definition) is 3. The Hall–Kier alpha value is -2.90. The fourth-order valence-corrected chi connectivity index (χ4v) is 1.83. The van der Waals surface area contributed by atoms with E-state index in [2.05, 4.69) is 9.98 Å². The number of nitrogens with zero attached hydrogens (tertiary/aromatic N) is 3. The number of benzene rings is 1. The average Bonchev–Trinajstić information content (AvgIpc) is 2.69. The molecule has 1 heterocycles. The van der Waals surface area contributed by atoms with Gasteiger partial charge in [-0.3, -0.25) is 14.5 Å². The van der Waals surface area contributed by atoms with Crippen molar-refractivity contribution in [2.24, 2.45) is 27.2 Å². The van der Waals surface area contributed by atoms with E-state index in [4.69, 9.17) is 17.2 Å². The molecule has 2 amide bonds. The minimum absolute atomic E-state index is 0.0777. The number of amides is 2. The van der Waals surface area contributed by atoms with Gasteiger partial charge < -0.3 is 17.2 Å². The second-order valence-corrected chi connectivity index (χ2v) is 4.15. The number of imide groups is 1. The predicted octanol–water partition coefficient (Wildman–Crippen LogP) is -0.440. The molecule has 1 aromatic rings. The van der Waals surface area contributed by atoms with E-state index in [-0.39, 0.29) is 36.6 Å². The first-order valence-electron chi connectivity index (χ1n) is 5.87.